The van der Waals surface area contributed by atoms with Gasteiger partial charge in [0.25, 0.3) is 5.91 Å². The molecule has 2 amide bonds. The zero-order valence-electron chi connectivity index (χ0n) is 11.6. The topological polar surface area (TPSA) is 127 Å². The van der Waals surface area contributed by atoms with Gasteiger partial charge in [0.15, 0.2) is 5.69 Å². The Morgan fingerprint density at radius 2 is 1.90 bits per heavy atom. The van der Waals surface area contributed by atoms with Crippen molar-refractivity contribution in [1.82, 2.24) is 21.0 Å². The third-order valence-electron chi connectivity index (χ3n) is 3.64. The molecule has 0 spiro atoms. The third-order valence-corrected chi connectivity index (χ3v) is 3.64. The van der Waals surface area contributed by atoms with Crippen LogP contribution in [0.4, 0.5) is 0 Å². The predicted molar refractivity (Wildman–Crippen MR) is 69.4 cm³/mol. The Kier molecular flexibility index (Phi) is 4.56. The summed E-state index contributed by atoms with van der Waals surface area (Å²) in [5.41, 5.74) is 5.36. The van der Waals surface area contributed by atoms with Crippen LogP contribution in [0.2, 0.25) is 0 Å². The smallest absolute Gasteiger partial charge is 0.290 e. The van der Waals surface area contributed by atoms with Crippen LogP contribution in [0.25, 0.3) is 0 Å². The van der Waals surface area contributed by atoms with Gasteiger partial charge in [-0.3, -0.25) is 25.5 Å². The van der Waals surface area contributed by atoms with E-state index >= 15 is 0 Å². The molecule has 0 aliphatic heterocycles. The highest BCUT2D eigenvalue weighted by molar-refractivity contribution is 5.94. The first-order chi connectivity index (χ1) is 9.99. The summed E-state index contributed by atoms with van der Waals surface area (Å²) in [4.78, 5) is 34.8. The van der Waals surface area contributed by atoms with Gasteiger partial charge < -0.3 is 9.90 Å². The van der Waals surface area contributed by atoms with E-state index in [2.05, 4.69) is 21.0 Å². The second-order valence-electron chi connectivity index (χ2n) is 5.20. The number of aryl methyl sites for hydroxylation is 1. The first-order valence-electron chi connectivity index (χ1n) is 6.82. The summed E-state index contributed by atoms with van der Waals surface area (Å²) in [6, 6.07) is 1.53. The number of nitrogens with zero attached hydrogens (tertiary/aromatic N) is 1. The standard InChI is InChI=1S/C13H18N4O4/c1-7-6-10(15-14-7)12(19)17-16-11(18)8-4-2-3-5-9(8)13(20)21/h6,8-9H,2-5H2,1H3,(H,14,15)(H,16,18)(H,17,19)(H,20,21)/p-1. The normalized spacial score (nSPS) is 21.6. The lowest BCUT2D eigenvalue weighted by atomic mass is 9.79. The lowest BCUT2D eigenvalue weighted by Crippen LogP contribution is -2.49. The average Bonchev–Trinajstić information content (AvgIpc) is 2.91. The van der Waals surface area contributed by atoms with E-state index in [1.807, 2.05) is 0 Å². The molecule has 8 nitrogen and oxygen atoms in total. The zero-order chi connectivity index (χ0) is 15.4. The minimum absolute atomic E-state index is 0.146. The van der Waals surface area contributed by atoms with Gasteiger partial charge in [0, 0.05) is 23.5 Å². The number of carboxylic acids is 1. The van der Waals surface area contributed by atoms with E-state index in [0.29, 0.717) is 12.8 Å². The van der Waals surface area contributed by atoms with E-state index < -0.39 is 29.6 Å². The fourth-order valence-electron chi connectivity index (χ4n) is 2.54. The molecule has 21 heavy (non-hydrogen) atoms. The number of hydrogen-bond acceptors (Lipinski definition) is 5. The highest BCUT2D eigenvalue weighted by Crippen LogP contribution is 2.29. The zero-order valence-corrected chi connectivity index (χ0v) is 11.6. The third kappa shape index (κ3) is 3.59. The lowest BCUT2D eigenvalue weighted by molar-refractivity contribution is -0.314. The SMILES string of the molecule is Cc1cc(C(=O)NNC(=O)C2CCCCC2C(=O)[O-])n[nH]1. The van der Waals surface area contributed by atoms with Crippen LogP contribution in [0.15, 0.2) is 6.07 Å². The van der Waals surface area contributed by atoms with E-state index in [1.165, 1.54) is 6.07 Å². The van der Waals surface area contributed by atoms with Gasteiger partial charge in [-0.25, -0.2) is 0 Å². The van der Waals surface area contributed by atoms with Crippen LogP contribution >= 0.6 is 0 Å². The van der Waals surface area contributed by atoms with Crippen LogP contribution in [0.3, 0.4) is 0 Å². The Morgan fingerprint density at radius 1 is 1.24 bits per heavy atom. The van der Waals surface area contributed by atoms with Gasteiger partial charge >= 0.3 is 0 Å². The predicted octanol–water partition coefficient (Wildman–Crippen LogP) is -0.965. The summed E-state index contributed by atoms with van der Waals surface area (Å²) in [7, 11) is 0. The van der Waals surface area contributed by atoms with Crippen molar-refractivity contribution in [3.05, 3.63) is 17.5 Å². The Hall–Kier alpha value is -2.38. The highest BCUT2D eigenvalue weighted by atomic mass is 16.4. The summed E-state index contributed by atoms with van der Waals surface area (Å²) < 4.78 is 0. The second kappa shape index (κ2) is 6.38. The van der Waals surface area contributed by atoms with E-state index in [9.17, 15) is 19.5 Å². The number of hydrogen-bond donors (Lipinski definition) is 3. The fourth-order valence-corrected chi connectivity index (χ4v) is 2.54. The van der Waals surface area contributed by atoms with Crippen molar-refractivity contribution in [2.45, 2.75) is 32.6 Å². The van der Waals surface area contributed by atoms with E-state index in [0.717, 1.165) is 18.5 Å². The summed E-state index contributed by atoms with van der Waals surface area (Å²) in [5.74, 6) is -3.77. The van der Waals surface area contributed by atoms with Crippen molar-refractivity contribution >= 4 is 17.8 Å². The minimum atomic E-state index is -1.22. The number of carbonyl (C=O) groups excluding carboxylic acids is 3. The largest absolute Gasteiger partial charge is 0.550 e. The molecule has 1 heterocycles. The van der Waals surface area contributed by atoms with Crippen LogP contribution in [0.5, 0.6) is 0 Å². The van der Waals surface area contributed by atoms with Gasteiger partial charge in [0.2, 0.25) is 5.91 Å². The first kappa shape index (κ1) is 15.0. The summed E-state index contributed by atoms with van der Waals surface area (Å²) >= 11 is 0. The minimum Gasteiger partial charge on any atom is -0.550 e. The van der Waals surface area contributed by atoms with Crippen molar-refractivity contribution in [3.63, 3.8) is 0 Å². The van der Waals surface area contributed by atoms with Gasteiger partial charge in [0.05, 0.1) is 0 Å². The number of hydrazine groups is 1. The molecule has 8 heteroatoms. The molecular formula is C13H17N4O4-. The van der Waals surface area contributed by atoms with Crippen molar-refractivity contribution < 1.29 is 19.5 Å². The fraction of sp³-hybridized carbons (Fsp3) is 0.538. The molecule has 0 aromatic carbocycles. The molecule has 1 saturated carbocycles. The van der Waals surface area contributed by atoms with Crippen LogP contribution < -0.4 is 16.0 Å². The van der Waals surface area contributed by atoms with E-state index in [1.54, 1.807) is 6.92 Å². The van der Waals surface area contributed by atoms with Crippen LogP contribution in [-0.2, 0) is 9.59 Å². The lowest BCUT2D eigenvalue weighted by Gasteiger charge is -2.30. The van der Waals surface area contributed by atoms with Gasteiger partial charge in [-0.15, -0.1) is 0 Å². The quantitative estimate of drug-likeness (QED) is 0.618. The number of H-pyrrole nitrogens is 1. The van der Waals surface area contributed by atoms with Gasteiger partial charge in [-0.05, 0) is 25.8 Å². The van der Waals surface area contributed by atoms with E-state index in [4.69, 9.17) is 0 Å². The second-order valence-corrected chi connectivity index (χ2v) is 5.20. The van der Waals surface area contributed by atoms with E-state index in [-0.39, 0.29) is 5.69 Å². The molecular weight excluding hydrogens is 276 g/mol. The maximum atomic E-state index is 12.0. The van der Waals surface area contributed by atoms with Crippen LogP contribution in [0, 0.1) is 18.8 Å². The van der Waals surface area contributed by atoms with Crippen LogP contribution in [0.1, 0.15) is 41.9 Å². The first-order valence-corrected chi connectivity index (χ1v) is 6.82. The maximum absolute atomic E-state index is 12.0. The number of carbonyl (C=O) groups is 3. The number of rotatable bonds is 3. The van der Waals surface area contributed by atoms with Crippen molar-refractivity contribution in [3.8, 4) is 0 Å². The molecule has 0 radical (unpaired) electrons. The number of aliphatic carboxylic acids is 1. The molecule has 114 valence electrons. The summed E-state index contributed by atoms with van der Waals surface area (Å²) in [6.07, 6.45) is 2.45. The molecule has 1 aliphatic carbocycles. The molecule has 0 bridgehead atoms. The molecule has 2 atom stereocenters. The highest BCUT2D eigenvalue weighted by Gasteiger charge is 2.32. The molecule has 0 saturated heterocycles. The molecule has 3 N–H and O–H groups in total. The Morgan fingerprint density at radius 3 is 2.48 bits per heavy atom. The Bertz CT molecular complexity index is 554. The number of aromatic amines is 1. The molecule has 1 fully saturated rings. The molecule has 1 aromatic heterocycles. The number of nitrogens with one attached hydrogen (secondary N) is 3. The molecule has 1 aliphatic rings. The van der Waals surface area contributed by atoms with Crippen molar-refractivity contribution in [2.75, 3.05) is 0 Å². The number of carboxylic acid groups (broad SMARTS) is 1. The summed E-state index contributed by atoms with van der Waals surface area (Å²) in [6.45, 7) is 1.74. The molecule has 2 unspecified atom stereocenters. The van der Waals surface area contributed by atoms with Gasteiger partial charge in [0.1, 0.15) is 0 Å². The summed E-state index contributed by atoms with van der Waals surface area (Å²) in [5, 5.41) is 17.4. The Balaban J connectivity index is 1.91. The van der Waals surface area contributed by atoms with Crippen LogP contribution in [-0.4, -0.2) is 28.0 Å². The average molecular weight is 293 g/mol. The number of aromatic nitrogens is 2. The monoisotopic (exact) mass is 293 g/mol. The Labute approximate surface area is 121 Å². The molecule has 2 rings (SSSR count). The number of amides is 2. The van der Waals surface area contributed by atoms with Gasteiger partial charge in [-0.2, -0.15) is 5.10 Å². The van der Waals surface area contributed by atoms with Crippen molar-refractivity contribution in [1.29, 1.82) is 0 Å². The molecule has 1 aromatic rings. The maximum Gasteiger partial charge on any atom is 0.290 e. The van der Waals surface area contributed by atoms with Gasteiger partial charge in [-0.1, -0.05) is 12.8 Å². The van der Waals surface area contributed by atoms with Crippen molar-refractivity contribution in [2.24, 2.45) is 11.8 Å².